The second-order valence-corrected chi connectivity index (χ2v) is 2.44. The van der Waals surface area contributed by atoms with E-state index in [0.29, 0.717) is 11.5 Å². The first-order valence-corrected chi connectivity index (χ1v) is 3.13. The third-order valence-electron chi connectivity index (χ3n) is 1.34. The molecule has 1 rings (SSSR count). The van der Waals surface area contributed by atoms with Crippen molar-refractivity contribution in [3.05, 3.63) is 22.4 Å². The highest BCUT2D eigenvalue weighted by atomic mass is 35.5. The summed E-state index contributed by atoms with van der Waals surface area (Å²) in [5, 5.41) is 0.315. The summed E-state index contributed by atoms with van der Waals surface area (Å²) in [5.41, 5.74) is 5.13. The van der Waals surface area contributed by atoms with Crippen LogP contribution in [0.1, 0.15) is 6.42 Å². The first-order chi connectivity index (χ1) is 4.63. The predicted octanol–water partition coefficient (Wildman–Crippen LogP) is 1.99. The van der Waals surface area contributed by atoms with Gasteiger partial charge in [0.05, 0.1) is 5.70 Å². The molecule has 0 aromatic carbocycles. The highest BCUT2D eigenvalue weighted by Gasteiger charge is 2.20. The number of hydrogen-bond donors (Lipinski definition) is 1. The Morgan fingerprint density at radius 1 is 1.60 bits per heavy atom. The molecule has 10 heavy (non-hydrogen) atoms. The van der Waals surface area contributed by atoms with E-state index >= 15 is 0 Å². The smallest absolute Gasteiger partial charge is 0.265 e. The average molecular weight is 166 g/mol. The van der Waals surface area contributed by atoms with Gasteiger partial charge in [-0.05, 0) is 0 Å². The lowest BCUT2D eigenvalue weighted by Crippen LogP contribution is -2.06. The molecule has 1 nitrogen and oxygen atoms in total. The Morgan fingerprint density at radius 2 is 2.20 bits per heavy atom. The predicted molar refractivity (Wildman–Crippen MR) is 35.8 cm³/mol. The second-order valence-electron chi connectivity index (χ2n) is 1.98. The molecular weight excluding hydrogens is 160 g/mol. The molecule has 0 radical (unpaired) electrons. The lowest BCUT2D eigenvalue weighted by Gasteiger charge is -2.00. The molecule has 0 spiro atoms. The normalized spacial score (nSPS) is 18.6. The first-order valence-electron chi connectivity index (χ1n) is 2.75. The highest BCUT2D eigenvalue weighted by molar-refractivity contribution is 6.30. The van der Waals surface area contributed by atoms with Gasteiger partial charge < -0.3 is 5.73 Å². The quantitative estimate of drug-likeness (QED) is 0.632. The van der Waals surface area contributed by atoms with Crippen molar-refractivity contribution in [2.45, 2.75) is 12.8 Å². The molecule has 56 valence electrons. The van der Waals surface area contributed by atoms with Crippen LogP contribution in [0, 0.1) is 0 Å². The van der Waals surface area contributed by atoms with Crippen molar-refractivity contribution in [2.24, 2.45) is 5.73 Å². The van der Waals surface area contributed by atoms with E-state index in [0.717, 1.165) is 0 Å². The van der Waals surface area contributed by atoms with Crippen LogP contribution in [0.25, 0.3) is 0 Å². The minimum atomic E-state index is -2.50. The molecule has 0 saturated heterocycles. The zero-order valence-corrected chi connectivity index (χ0v) is 5.83. The van der Waals surface area contributed by atoms with Gasteiger partial charge in [0.25, 0.3) is 6.43 Å². The van der Waals surface area contributed by atoms with Gasteiger partial charge in [-0.1, -0.05) is 17.7 Å². The Balaban J connectivity index is 2.83. The van der Waals surface area contributed by atoms with Crippen LogP contribution >= 0.6 is 11.6 Å². The van der Waals surface area contributed by atoms with Crippen LogP contribution in [0.2, 0.25) is 0 Å². The zero-order valence-electron chi connectivity index (χ0n) is 5.07. The maximum Gasteiger partial charge on any atom is 0.265 e. The summed E-state index contributed by atoms with van der Waals surface area (Å²) in [6, 6.07) is 0. The van der Waals surface area contributed by atoms with E-state index in [1.165, 1.54) is 6.08 Å². The maximum absolute atomic E-state index is 11.9. The molecule has 0 heterocycles. The molecule has 0 aliphatic heterocycles. The minimum absolute atomic E-state index is 0.0386. The summed E-state index contributed by atoms with van der Waals surface area (Å²) < 4.78 is 23.8. The van der Waals surface area contributed by atoms with Gasteiger partial charge in [-0.2, -0.15) is 0 Å². The molecule has 0 unspecified atom stereocenters. The van der Waals surface area contributed by atoms with Gasteiger partial charge in [-0.3, -0.25) is 0 Å². The van der Waals surface area contributed by atoms with Gasteiger partial charge in [0.1, 0.15) is 0 Å². The van der Waals surface area contributed by atoms with Crippen molar-refractivity contribution >= 4 is 11.6 Å². The van der Waals surface area contributed by atoms with Crippen LogP contribution in [0.5, 0.6) is 0 Å². The molecule has 1 aliphatic rings. The van der Waals surface area contributed by atoms with Crippen molar-refractivity contribution < 1.29 is 8.78 Å². The fraction of sp³-hybridized carbons (Fsp3) is 0.333. The molecule has 4 heteroatoms. The molecule has 0 aromatic heterocycles. The summed E-state index contributed by atoms with van der Waals surface area (Å²) >= 11 is 5.47. The largest absolute Gasteiger partial charge is 0.397 e. The Hall–Kier alpha value is -0.570. The zero-order chi connectivity index (χ0) is 7.72. The lowest BCUT2D eigenvalue weighted by molar-refractivity contribution is 0.192. The van der Waals surface area contributed by atoms with E-state index in [2.05, 4.69) is 0 Å². The second kappa shape index (κ2) is 2.58. The summed E-state index contributed by atoms with van der Waals surface area (Å²) in [6.45, 7) is 0. The van der Waals surface area contributed by atoms with Crippen molar-refractivity contribution in [3.63, 3.8) is 0 Å². The number of hydrogen-bond acceptors (Lipinski definition) is 1. The Labute approximate surface area is 62.2 Å². The molecule has 0 atom stereocenters. The summed E-state index contributed by atoms with van der Waals surface area (Å²) in [4.78, 5) is 0. The standard InChI is InChI=1S/C6H6ClF2N/c7-4-2-1-3(5(4)10)6(8)9/h1,6H,2,10H2. The maximum atomic E-state index is 11.9. The summed E-state index contributed by atoms with van der Waals surface area (Å²) in [6.07, 6.45) is -0.814. The number of halogens is 3. The molecule has 0 bridgehead atoms. The number of alkyl halides is 2. The van der Waals surface area contributed by atoms with E-state index < -0.39 is 6.43 Å². The summed E-state index contributed by atoms with van der Waals surface area (Å²) in [5.74, 6) is 0. The van der Waals surface area contributed by atoms with E-state index in [1.807, 2.05) is 0 Å². The molecule has 0 amide bonds. The molecular formula is C6H6ClF2N. The fourth-order valence-corrected chi connectivity index (χ4v) is 0.969. The molecule has 0 saturated carbocycles. The minimum Gasteiger partial charge on any atom is -0.397 e. The number of allylic oxidation sites excluding steroid dienone is 3. The highest BCUT2D eigenvalue weighted by Crippen LogP contribution is 2.28. The molecule has 1 aliphatic carbocycles. The van der Waals surface area contributed by atoms with E-state index in [1.54, 1.807) is 0 Å². The van der Waals surface area contributed by atoms with Gasteiger partial charge in [0.2, 0.25) is 0 Å². The van der Waals surface area contributed by atoms with Crippen LogP contribution in [0.4, 0.5) is 8.78 Å². The van der Waals surface area contributed by atoms with Crippen molar-refractivity contribution in [3.8, 4) is 0 Å². The third kappa shape index (κ3) is 1.14. The lowest BCUT2D eigenvalue weighted by atomic mass is 10.2. The average Bonchev–Trinajstić information content (AvgIpc) is 2.14. The Morgan fingerprint density at radius 3 is 2.40 bits per heavy atom. The number of nitrogens with two attached hydrogens (primary N) is 1. The SMILES string of the molecule is NC1=C(Cl)CC=C1C(F)F. The van der Waals surface area contributed by atoms with Gasteiger partial charge in [-0.25, -0.2) is 8.78 Å². The van der Waals surface area contributed by atoms with Crippen molar-refractivity contribution in [1.82, 2.24) is 0 Å². The topological polar surface area (TPSA) is 26.0 Å². The van der Waals surface area contributed by atoms with E-state index in [9.17, 15) is 8.78 Å². The Bertz CT molecular complexity index is 208. The monoisotopic (exact) mass is 165 g/mol. The van der Waals surface area contributed by atoms with Crippen LogP contribution < -0.4 is 5.73 Å². The van der Waals surface area contributed by atoms with Crippen LogP contribution in [0.3, 0.4) is 0 Å². The van der Waals surface area contributed by atoms with Gasteiger partial charge in [0, 0.05) is 17.0 Å². The Kier molecular flexibility index (Phi) is 1.94. The van der Waals surface area contributed by atoms with E-state index in [4.69, 9.17) is 17.3 Å². The molecule has 2 N–H and O–H groups in total. The van der Waals surface area contributed by atoms with Crippen molar-refractivity contribution in [2.75, 3.05) is 0 Å². The summed E-state index contributed by atoms with van der Waals surface area (Å²) in [7, 11) is 0. The van der Waals surface area contributed by atoms with Gasteiger partial charge in [-0.15, -0.1) is 0 Å². The van der Waals surface area contributed by atoms with Crippen LogP contribution in [-0.4, -0.2) is 6.43 Å². The van der Waals surface area contributed by atoms with Crippen LogP contribution in [-0.2, 0) is 0 Å². The third-order valence-corrected chi connectivity index (χ3v) is 1.70. The number of rotatable bonds is 1. The van der Waals surface area contributed by atoms with Gasteiger partial charge in [0.15, 0.2) is 0 Å². The van der Waals surface area contributed by atoms with Crippen molar-refractivity contribution in [1.29, 1.82) is 0 Å². The molecule has 0 fully saturated rings. The first kappa shape index (κ1) is 7.54. The fourth-order valence-electron chi connectivity index (χ4n) is 0.783. The molecule has 0 aromatic rings. The van der Waals surface area contributed by atoms with E-state index in [-0.39, 0.29) is 11.3 Å². The van der Waals surface area contributed by atoms with Gasteiger partial charge >= 0.3 is 0 Å². The van der Waals surface area contributed by atoms with Crippen LogP contribution in [0.15, 0.2) is 22.4 Å².